The van der Waals surface area contributed by atoms with Crippen LogP contribution in [0.3, 0.4) is 0 Å². The molecule has 1 N–H and O–H groups in total. The van der Waals surface area contributed by atoms with E-state index in [1.807, 2.05) is 26.1 Å². The fourth-order valence-corrected chi connectivity index (χ4v) is 2.49. The highest BCUT2D eigenvalue weighted by Gasteiger charge is 2.12. The van der Waals surface area contributed by atoms with Crippen LogP contribution in [0.15, 0.2) is 26.6 Å². The van der Waals surface area contributed by atoms with Crippen LogP contribution in [-0.2, 0) is 0 Å². The number of hydrogen-bond donors (Lipinski definition) is 1. The lowest BCUT2D eigenvalue weighted by atomic mass is 10.3. The van der Waals surface area contributed by atoms with E-state index in [4.69, 9.17) is 4.42 Å². The molecule has 2 rings (SSSR count). The molecule has 1 unspecified atom stereocenters. The summed E-state index contributed by atoms with van der Waals surface area (Å²) in [7, 11) is 1.90. The van der Waals surface area contributed by atoms with Crippen molar-refractivity contribution in [1.29, 1.82) is 0 Å². The van der Waals surface area contributed by atoms with Gasteiger partial charge in [-0.15, -0.1) is 11.3 Å². The maximum absolute atomic E-state index is 5.43. The zero-order valence-electron chi connectivity index (χ0n) is 8.45. The molecule has 80 valence electrons. The predicted octanol–water partition coefficient (Wildman–Crippen LogP) is 3.45. The first kappa shape index (κ1) is 10.9. The normalized spacial score (nSPS) is 13.0. The Morgan fingerprint density at radius 3 is 2.93 bits per heavy atom. The van der Waals surface area contributed by atoms with Crippen molar-refractivity contribution in [2.24, 2.45) is 0 Å². The van der Waals surface area contributed by atoms with Crippen molar-refractivity contribution in [3.8, 4) is 10.8 Å². The standard InChI is InChI=1S/C10H11BrN2OS/c1-6(12-2)7-5-14-10(13-7)8-3-4-9(11)15-8/h3-6,12H,1-2H3. The number of oxazole rings is 1. The van der Waals surface area contributed by atoms with Gasteiger partial charge in [-0.05, 0) is 42.0 Å². The molecule has 0 aliphatic rings. The molecular formula is C10H11BrN2OS. The predicted molar refractivity (Wildman–Crippen MR) is 65.0 cm³/mol. The van der Waals surface area contributed by atoms with Gasteiger partial charge in [0.1, 0.15) is 6.26 Å². The second-order valence-electron chi connectivity index (χ2n) is 3.19. The average Bonchev–Trinajstić information content (AvgIpc) is 2.84. The van der Waals surface area contributed by atoms with E-state index >= 15 is 0 Å². The Morgan fingerprint density at radius 1 is 1.53 bits per heavy atom. The van der Waals surface area contributed by atoms with E-state index in [0.717, 1.165) is 14.4 Å². The molecule has 0 saturated carbocycles. The maximum Gasteiger partial charge on any atom is 0.236 e. The number of nitrogens with one attached hydrogen (secondary N) is 1. The summed E-state index contributed by atoms with van der Waals surface area (Å²) in [4.78, 5) is 5.46. The third-order valence-electron chi connectivity index (χ3n) is 2.18. The van der Waals surface area contributed by atoms with E-state index in [1.165, 1.54) is 0 Å². The number of rotatable bonds is 3. The van der Waals surface area contributed by atoms with Crippen molar-refractivity contribution in [3.05, 3.63) is 27.9 Å². The molecule has 5 heteroatoms. The van der Waals surface area contributed by atoms with Gasteiger partial charge < -0.3 is 9.73 Å². The van der Waals surface area contributed by atoms with Crippen molar-refractivity contribution < 1.29 is 4.42 Å². The number of nitrogens with zero attached hydrogens (tertiary/aromatic N) is 1. The minimum Gasteiger partial charge on any atom is -0.443 e. The zero-order chi connectivity index (χ0) is 10.8. The quantitative estimate of drug-likeness (QED) is 0.939. The average molecular weight is 287 g/mol. The lowest BCUT2D eigenvalue weighted by molar-refractivity contribution is 0.565. The first-order valence-corrected chi connectivity index (χ1v) is 6.20. The Morgan fingerprint density at radius 2 is 2.33 bits per heavy atom. The Balaban J connectivity index is 2.27. The van der Waals surface area contributed by atoms with Crippen molar-refractivity contribution in [2.45, 2.75) is 13.0 Å². The third-order valence-corrected chi connectivity index (χ3v) is 3.79. The van der Waals surface area contributed by atoms with Crippen LogP contribution in [0.1, 0.15) is 18.7 Å². The molecule has 0 fully saturated rings. The van der Waals surface area contributed by atoms with Crippen molar-refractivity contribution in [2.75, 3.05) is 7.05 Å². The Hall–Kier alpha value is -0.650. The Bertz CT molecular complexity index is 452. The van der Waals surface area contributed by atoms with Gasteiger partial charge >= 0.3 is 0 Å². The van der Waals surface area contributed by atoms with Crippen LogP contribution >= 0.6 is 27.3 Å². The van der Waals surface area contributed by atoms with Crippen molar-refractivity contribution in [3.63, 3.8) is 0 Å². The van der Waals surface area contributed by atoms with Gasteiger partial charge in [0, 0.05) is 6.04 Å². The van der Waals surface area contributed by atoms with E-state index in [9.17, 15) is 0 Å². The van der Waals surface area contributed by atoms with Crippen molar-refractivity contribution in [1.82, 2.24) is 10.3 Å². The van der Waals surface area contributed by atoms with Crippen LogP contribution in [0.25, 0.3) is 10.8 Å². The molecule has 0 bridgehead atoms. The molecule has 0 aliphatic heterocycles. The summed E-state index contributed by atoms with van der Waals surface area (Å²) in [6.45, 7) is 2.05. The lowest BCUT2D eigenvalue weighted by Gasteiger charge is -2.03. The molecule has 2 heterocycles. The molecule has 0 aliphatic carbocycles. The van der Waals surface area contributed by atoms with Crippen LogP contribution in [-0.4, -0.2) is 12.0 Å². The number of aromatic nitrogens is 1. The first-order chi connectivity index (χ1) is 7.20. The summed E-state index contributed by atoms with van der Waals surface area (Å²) in [5.74, 6) is 0.683. The fourth-order valence-electron chi connectivity index (χ4n) is 1.18. The summed E-state index contributed by atoms with van der Waals surface area (Å²) in [6, 6.07) is 4.20. The van der Waals surface area contributed by atoms with E-state index < -0.39 is 0 Å². The smallest absolute Gasteiger partial charge is 0.236 e. The van der Waals surface area contributed by atoms with Crippen LogP contribution in [0.2, 0.25) is 0 Å². The first-order valence-electron chi connectivity index (χ1n) is 4.59. The fraction of sp³-hybridized carbons (Fsp3) is 0.300. The Labute approximate surface area is 101 Å². The third kappa shape index (κ3) is 2.30. The number of halogens is 1. The minimum absolute atomic E-state index is 0.214. The van der Waals surface area contributed by atoms with Crippen LogP contribution < -0.4 is 5.32 Å². The van der Waals surface area contributed by atoms with Gasteiger partial charge in [-0.25, -0.2) is 4.98 Å². The summed E-state index contributed by atoms with van der Waals surface area (Å²) in [5, 5.41) is 3.12. The van der Waals surface area contributed by atoms with Crippen LogP contribution in [0.4, 0.5) is 0 Å². The molecule has 2 aromatic rings. The zero-order valence-corrected chi connectivity index (χ0v) is 10.9. The Kier molecular flexibility index (Phi) is 3.23. The van der Waals surface area contributed by atoms with E-state index in [2.05, 4.69) is 26.2 Å². The highest BCUT2D eigenvalue weighted by molar-refractivity contribution is 9.11. The second-order valence-corrected chi connectivity index (χ2v) is 5.65. The lowest BCUT2D eigenvalue weighted by Crippen LogP contribution is -2.12. The topological polar surface area (TPSA) is 38.1 Å². The molecule has 0 saturated heterocycles. The van der Waals surface area contributed by atoms with Crippen molar-refractivity contribution >= 4 is 27.3 Å². The summed E-state index contributed by atoms with van der Waals surface area (Å²) < 4.78 is 6.51. The molecular weight excluding hydrogens is 276 g/mol. The SMILES string of the molecule is CNC(C)c1coc(-c2ccc(Br)s2)n1. The molecule has 0 radical (unpaired) electrons. The van der Waals surface area contributed by atoms with Gasteiger partial charge in [0.25, 0.3) is 0 Å². The molecule has 0 aromatic carbocycles. The van der Waals surface area contributed by atoms with Gasteiger partial charge in [0.15, 0.2) is 0 Å². The molecule has 3 nitrogen and oxygen atoms in total. The van der Waals surface area contributed by atoms with E-state index in [0.29, 0.717) is 5.89 Å². The maximum atomic E-state index is 5.43. The second kappa shape index (κ2) is 4.47. The summed E-state index contributed by atoms with van der Waals surface area (Å²) in [5.41, 5.74) is 0.928. The van der Waals surface area contributed by atoms with Gasteiger partial charge in [0.2, 0.25) is 5.89 Å². The van der Waals surface area contributed by atoms with E-state index in [-0.39, 0.29) is 6.04 Å². The van der Waals surface area contributed by atoms with Crippen LogP contribution in [0.5, 0.6) is 0 Å². The van der Waals surface area contributed by atoms with Crippen LogP contribution in [0, 0.1) is 0 Å². The van der Waals surface area contributed by atoms with E-state index in [1.54, 1.807) is 17.6 Å². The monoisotopic (exact) mass is 286 g/mol. The van der Waals surface area contributed by atoms with Gasteiger partial charge in [-0.1, -0.05) is 0 Å². The molecule has 0 amide bonds. The number of thiophene rings is 1. The van der Waals surface area contributed by atoms with Gasteiger partial charge in [-0.2, -0.15) is 0 Å². The van der Waals surface area contributed by atoms with Gasteiger partial charge in [0.05, 0.1) is 14.4 Å². The minimum atomic E-state index is 0.214. The largest absolute Gasteiger partial charge is 0.443 e. The number of hydrogen-bond acceptors (Lipinski definition) is 4. The van der Waals surface area contributed by atoms with Gasteiger partial charge in [-0.3, -0.25) is 0 Å². The highest BCUT2D eigenvalue weighted by atomic mass is 79.9. The molecule has 2 aromatic heterocycles. The molecule has 15 heavy (non-hydrogen) atoms. The molecule has 0 spiro atoms. The summed E-state index contributed by atoms with van der Waals surface area (Å²) in [6.07, 6.45) is 1.70. The molecule has 1 atom stereocenters. The summed E-state index contributed by atoms with van der Waals surface area (Å²) >= 11 is 5.03. The highest BCUT2D eigenvalue weighted by Crippen LogP contribution is 2.31.